The number of carbonyl (C=O) groups is 3. The molecule has 4 aromatic rings. The molecule has 7 rings (SSSR count). The van der Waals surface area contributed by atoms with E-state index in [1.165, 1.54) is 18.5 Å². The van der Waals surface area contributed by atoms with Gasteiger partial charge in [-0.2, -0.15) is 18.3 Å². The summed E-state index contributed by atoms with van der Waals surface area (Å²) in [7, 11) is 0. The predicted octanol–water partition coefficient (Wildman–Crippen LogP) is 3.07. The average molecular weight is 740 g/mol. The van der Waals surface area contributed by atoms with Gasteiger partial charge in [-0.05, 0) is 55.6 Å². The van der Waals surface area contributed by atoms with E-state index in [0.29, 0.717) is 43.2 Å². The van der Waals surface area contributed by atoms with E-state index in [-0.39, 0.29) is 57.9 Å². The molecule has 274 valence electrons. The summed E-state index contributed by atoms with van der Waals surface area (Å²) in [5.41, 5.74) is -0.896. The summed E-state index contributed by atoms with van der Waals surface area (Å²) in [4.78, 5) is 60.2. The summed E-state index contributed by atoms with van der Waals surface area (Å²) in [6.45, 7) is 6.87. The molecule has 3 aliphatic rings. The topological polar surface area (TPSA) is 168 Å². The highest BCUT2D eigenvalue weighted by molar-refractivity contribution is 6.33. The predicted molar refractivity (Wildman–Crippen MR) is 183 cm³/mol. The van der Waals surface area contributed by atoms with E-state index in [1.54, 1.807) is 23.1 Å². The highest BCUT2D eigenvalue weighted by Gasteiger charge is 2.39. The molecule has 3 saturated heterocycles. The summed E-state index contributed by atoms with van der Waals surface area (Å²) >= 11 is 6.53. The van der Waals surface area contributed by atoms with Gasteiger partial charge in [-0.1, -0.05) is 17.7 Å². The third-order valence-electron chi connectivity index (χ3n) is 9.80. The van der Waals surface area contributed by atoms with E-state index in [4.69, 9.17) is 11.6 Å². The van der Waals surface area contributed by atoms with E-state index in [1.807, 2.05) is 10.00 Å². The lowest BCUT2D eigenvalue weighted by molar-refractivity contribution is -0.140. The minimum absolute atomic E-state index is 0.00315. The monoisotopic (exact) mass is 739 g/mol. The Balaban J connectivity index is 0.920. The number of aromatic amines is 2. The van der Waals surface area contributed by atoms with Crippen molar-refractivity contribution in [3.8, 4) is 22.8 Å². The van der Waals surface area contributed by atoms with Crippen molar-refractivity contribution in [3.63, 3.8) is 0 Å². The van der Waals surface area contributed by atoms with Crippen LogP contribution in [0.5, 0.6) is 0 Å². The number of H-pyrrole nitrogens is 2. The lowest BCUT2D eigenvalue weighted by Crippen LogP contribution is -2.53. The van der Waals surface area contributed by atoms with Gasteiger partial charge in [0.05, 0.1) is 28.0 Å². The molecule has 0 radical (unpaired) electrons. The van der Waals surface area contributed by atoms with Crippen LogP contribution >= 0.6 is 11.6 Å². The van der Waals surface area contributed by atoms with E-state index in [9.17, 15) is 27.6 Å². The highest BCUT2D eigenvalue weighted by Crippen LogP contribution is 2.39. The first-order chi connectivity index (χ1) is 25.0. The van der Waals surface area contributed by atoms with Crippen LogP contribution in [0.1, 0.15) is 45.1 Å². The van der Waals surface area contributed by atoms with Crippen LogP contribution in [0.25, 0.3) is 22.8 Å². The molecule has 0 unspecified atom stereocenters. The maximum Gasteiger partial charge on any atom is 0.433 e. The van der Waals surface area contributed by atoms with Gasteiger partial charge in [0.15, 0.2) is 11.6 Å². The highest BCUT2D eigenvalue weighted by atomic mass is 35.5. The number of alkyl halides is 3. The number of benzene rings is 1. The SMILES string of the molecule is O=C(NCc1ccc(C(=O)N2CCN(C(=O)C3CCN(CC4CNC4)CC3)CC2)c(Cl)c1)c1ncc(-c2c(-c3ncccn3)n[nH]c2C(F)(F)F)[nH]1. The summed E-state index contributed by atoms with van der Waals surface area (Å²) in [5.74, 6) is -0.280. The van der Waals surface area contributed by atoms with Crippen molar-refractivity contribution in [1.29, 1.82) is 0 Å². The number of piperazine rings is 1. The Morgan fingerprint density at radius 3 is 2.33 bits per heavy atom. The van der Waals surface area contributed by atoms with Gasteiger partial charge in [0.1, 0.15) is 11.4 Å². The van der Waals surface area contributed by atoms with Gasteiger partial charge in [0, 0.05) is 70.7 Å². The first kappa shape index (κ1) is 35.5. The number of nitrogens with one attached hydrogen (secondary N) is 4. The standard InChI is InChI=1S/C34H37ClF3N11O3/c35-24-14-20(17-43-31(50)30-42-18-25(44-30)26-27(29-40-6-1-7-41-29)45-46-28(26)34(36,37)38)2-3-23(24)33(52)49-12-10-48(11-13-49)32(51)22-4-8-47(9-5-22)19-21-15-39-16-21/h1-3,6-7,14,18,21-22,39H,4-5,8-13,15-17,19H2,(H,42,44)(H,43,50)(H,45,46). The second kappa shape index (κ2) is 15.0. The average Bonchev–Trinajstić information content (AvgIpc) is 3.81. The first-order valence-corrected chi connectivity index (χ1v) is 17.5. The molecule has 0 bridgehead atoms. The Bertz CT molecular complexity index is 1920. The van der Waals surface area contributed by atoms with Crippen LogP contribution < -0.4 is 10.6 Å². The van der Waals surface area contributed by atoms with Crippen molar-refractivity contribution in [2.24, 2.45) is 11.8 Å². The molecule has 18 heteroatoms. The lowest BCUT2D eigenvalue weighted by atomic mass is 9.93. The van der Waals surface area contributed by atoms with Crippen molar-refractivity contribution in [1.82, 2.24) is 55.5 Å². The Morgan fingerprint density at radius 2 is 1.67 bits per heavy atom. The lowest BCUT2D eigenvalue weighted by Gasteiger charge is -2.40. The Morgan fingerprint density at radius 1 is 0.962 bits per heavy atom. The molecular formula is C34H37ClF3N11O3. The minimum Gasteiger partial charge on any atom is -0.345 e. The normalized spacial score (nSPS) is 17.6. The van der Waals surface area contributed by atoms with Gasteiger partial charge in [-0.3, -0.25) is 19.5 Å². The van der Waals surface area contributed by atoms with Gasteiger partial charge >= 0.3 is 6.18 Å². The molecule has 14 nitrogen and oxygen atoms in total. The number of piperidine rings is 1. The minimum atomic E-state index is -4.78. The number of amides is 3. The van der Waals surface area contributed by atoms with Crippen LogP contribution in [-0.2, 0) is 17.5 Å². The fourth-order valence-electron chi connectivity index (χ4n) is 6.83. The summed E-state index contributed by atoms with van der Waals surface area (Å²) in [5, 5.41) is 12.0. The number of aromatic nitrogens is 6. The second-order valence-corrected chi connectivity index (χ2v) is 13.7. The van der Waals surface area contributed by atoms with Gasteiger partial charge in [0.2, 0.25) is 5.91 Å². The quantitative estimate of drug-likeness (QED) is 0.202. The number of rotatable bonds is 9. The van der Waals surface area contributed by atoms with E-state index < -0.39 is 17.8 Å². The van der Waals surface area contributed by atoms with Crippen molar-refractivity contribution in [3.05, 3.63) is 70.5 Å². The van der Waals surface area contributed by atoms with Crippen molar-refractivity contribution in [2.45, 2.75) is 25.6 Å². The molecule has 0 spiro atoms. The van der Waals surface area contributed by atoms with Gasteiger partial charge in [-0.25, -0.2) is 15.0 Å². The molecule has 0 atom stereocenters. The van der Waals surface area contributed by atoms with Crippen LogP contribution in [-0.4, -0.2) is 121 Å². The van der Waals surface area contributed by atoms with Gasteiger partial charge in [-0.15, -0.1) is 0 Å². The van der Waals surface area contributed by atoms with Crippen LogP contribution in [0.3, 0.4) is 0 Å². The van der Waals surface area contributed by atoms with Crippen molar-refractivity contribution < 1.29 is 27.6 Å². The zero-order valence-corrected chi connectivity index (χ0v) is 28.8. The molecule has 3 aliphatic heterocycles. The van der Waals surface area contributed by atoms with Crippen LogP contribution in [0.2, 0.25) is 5.02 Å². The molecule has 52 heavy (non-hydrogen) atoms. The Hall–Kier alpha value is -4.87. The van der Waals surface area contributed by atoms with Gasteiger partial charge in [0.25, 0.3) is 11.8 Å². The first-order valence-electron chi connectivity index (χ1n) is 17.1. The molecule has 3 aromatic heterocycles. The molecule has 6 heterocycles. The molecule has 0 saturated carbocycles. The number of carbonyl (C=O) groups excluding carboxylic acids is 3. The molecular weight excluding hydrogens is 703 g/mol. The van der Waals surface area contributed by atoms with Crippen LogP contribution in [0, 0.1) is 11.8 Å². The van der Waals surface area contributed by atoms with E-state index in [2.05, 4.69) is 40.6 Å². The molecule has 1 aromatic carbocycles. The largest absolute Gasteiger partial charge is 0.433 e. The zero-order chi connectivity index (χ0) is 36.4. The number of likely N-dealkylation sites (tertiary alicyclic amines) is 1. The third kappa shape index (κ3) is 7.66. The fraction of sp³-hybridized carbons (Fsp3) is 0.441. The molecule has 3 fully saturated rings. The number of halogens is 4. The van der Waals surface area contributed by atoms with Crippen molar-refractivity contribution in [2.75, 3.05) is 58.9 Å². The Kier molecular flexibility index (Phi) is 10.3. The smallest absolute Gasteiger partial charge is 0.345 e. The summed E-state index contributed by atoms with van der Waals surface area (Å²) in [6.07, 6.45) is 0.795. The number of hydrogen-bond acceptors (Lipinski definition) is 9. The summed E-state index contributed by atoms with van der Waals surface area (Å²) < 4.78 is 41.5. The molecule has 3 amide bonds. The maximum absolute atomic E-state index is 13.8. The second-order valence-electron chi connectivity index (χ2n) is 13.3. The fourth-order valence-corrected chi connectivity index (χ4v) is 7.11. The van der Waals surface area contributed by atoms with Crippen LogP contribution in [0.4, 0.5) is 13.2 Å². The molecule has 4 N–H and O–H groups in total. The number of hydrogen-bond donors (Lipinski definition) is 4. The van der Waals surface area contributed by atoms with E-state index >= 15 is 0 Å². The zero-order valence-electron chi connectivity index (χ0n) is 28.0. The Labute approximate surface area is 301 Å². The third-order valence-corrected chi connectivity index (χ3v) is 10.1. The van der Waals surface area contributed by atoms with Gasteiger partial charge < -0.3 is 30.3 Å². The molecule has 0 aliphatic carbocycles. The summed E-state index contributed by atoms with van der Waals surface area (Å²) in [6, 6.07) is 6.34. The van der Waals surface area contributed by atoms with Crippen molar-refractivity contribution >= 4 is 29.3 Å². The van der Waals surface area contributed by atoms with Crippen LogP contribution in [0.15, 0.2) is 42.9 Å². The number of nitrogens with zero attached hydrogens (tertiary/aromatic N) is 7. The maximum atomic E-state index is 13.8. The number of imidazole rings is 1. The van der Waals surface area contributed by atoms with E-state index in [0.717, 1.165) is 51.8 Å².